The third kappa shape index (κ3) is 2.35. The van der Waals surface area contributed by atoms with Gasteiger partial charge in [0.2, 0.25) is 0 Å². The highest BCUT2D eigenvalue weighted by Crippen LogP contribution is 2.14. The second-order valence-corrected chi connectivity index (χ2v) is 3.14. The lowest BCUT2D eigenvalue weighted by Crippen LogP contribution is -2.32. The first-order chi connectivity index (χ1) is 5.59. The van der Waals surface area contributed by atoms with Gasteiger partial charge in [-0.25, -0.2) is 0 Å². The topological polar surface area (TPSA) is 76.5 Å². The number of aliphatic carboxylic acids is 1. The van der Waals surface area contributed by atoms with Crippen LogP contribution < -0.4 is 5.73 Å². The third-order valence-electron chi connectivity index (χ3n) is 1.37. The van der Waals surface area contributed by atoms with Gasteiger partial charge in [0.05, 0.1) is 0 Å². The number of halogens is 1. The van der Waals surface area contributed by atoms with Crippen LogP contribution >= 0.6 is 15.9 Å². The van der Waals surface area contributed by atoms with Gasteiger partial charge in [-0.2, -0.15) is 0 Å². The fourth-order valence-electron chi connectivity index (χ4n) is 0.766. The van der Waals surface area contributed by atoms with E-state index in [1.807, 2.05) is 0 Å². The number of carbonyl (C=O) groups is 1. The molecule has 0 aliphatic carbocycles. The molecule has 0 aromatic carbocycles. The summed E-state index contributed by atoms with van der Waals surface area (Å²) in [4.78, 5) is 10.3. The molecular weight excluding hydrogens is 226 g/mol. The molecule has 0 saturated heterocycles. The van der Waals surface area contributed by atoms with Crippen molar-refractivity contribution < 1.29 is 14.3 Å². The normalized spacial score (nSPS) is 12.8. The Balaban J connectivity index is 2.58. The fraction of sp³-hybridized carbons (Fsp3) is 0.286. The Kier molecular flexibility index (Phi) is 2.88. The van der Waals surface area contributed by atoms with Gasteiger partial charge in [0.25, 0.3) is 0 Å². The molecule has 0 amide bonds. The highest BCUT2D eigenvalue weighted by molar-refractivity contribution is 9.10. The van der Waals surface area contributed by atoms with Gasteiger partial charge in [-0.05, 0) is 28.1 Å². The van der Waals surface area contributed by atoms with Gasteiger partial charge >= 0.3 is 5.97 Å². The van der Waals surface area contributed by atoms with Gasteiger partial charge in [0, 0.05) is 6.42 Å². The van der Waals surface area contributed by atoms with Crippen molar-refractivity contribution in [3.05, 3.63) is 22.6 Å². The lowest BCUT2D eigenvalue weighted by Gasteiger charge is -2.01. The van der Waals surface area contributed by atoms with Crippen LogP contribution in [0.25, 0.3) is 0 Å². The van der Waals surface area contributed by atoms with E-state index in [9.17, 15) is 4.79 Å². The zero-order valence-corrected chi connectivity index (χ0v) is 7.74. The number of rotatable bonds is 3. The molecule has 0 aliphatic heterocycles. The zero-order valence-electron chi connectivity index (χ0n) is 6.16. The predicted octanol–water partition coefficient (Wildman–Crippen LogP) is 0.997. The summed E-state index contributed by atoms with van der Waals surface area (Å²) in [7, 11) is 0. The molecule has 1 rings (SSSR count). The molecule has 0 fully saturated rings. The van der Waals surface area contributed by atoms with Crippen LogP contribution in [0, 0.1) is 0 Å². The van der Waals surface area contributed by atoms with E-state index in [4.69, 9.17) is 15.3 Å². The second kappa shape index (κ2) is 3.73. The third-order valence-corrected chi connectivity index (χ3v) is 1.79. The Morgan fingerprint density at radius 1 is 1.75 bits per heavy atom. The zero-order chi connectivity index (χ0) is 9.14. The Bertz CT molecular complexity index is 284. The summed E-state index contributed by atoms with van der Waals surface area (Å²) < 4.78 is 5.66. The Hall–Kier alpha value is -0.810. The number of carboxylic acids is 1. The summed E-state index contributed by atoms with van der Waals surface area (Å²) in [5.74, 6) is -0.459. The summed E-state index contributed by atoms with van der Waals surface area (Å²) >= 11 is 3.10. The molecule has 0 radical (unpaired) electrons. The molecule has 0 unspecified atom stereocenters. The number of carboxylic acid groups (broad SMARTS) is 1. The minimum absolute atomic E-state index is 0.209. The number of furan rings is 1. The molecule has 12 heavy (non-hydrogen) atoms. The van der Waals surface area contributed by atoms with Crippen molar-refractivity contribution in [2.75, 3.05) is 0 Å². The molecule has 4 nitrogen and oxygen atoms in total. The van der Waals surface area contributed by atoms with Crippen molar-refractivity contribution in [3.8, 4) is 0 Å². The SMILES string of the molecule is N[C@@H](Cc1ccc(Br)o1)C(=O)O. The van der Waals surface area contributed by atoms with Crippen LogP contribution in [0.5, 0.6) is 0 Å². The van der Waals surface area contributed by atoms with E-state index < -0.39 is 12.0 Å². The molecule has 5 heteroatoms. The first-order valence-electron chi connectivity index (χ1n) is 3.32. The molecule has 0 saturated carbocycles. The second-order valence-electron chi connectivity index (χ2n) is 2.35. The van der Waals surface area contributed by atoms with Gasteiger partial charge in [-0.1, -0.05) is 0 Å². The molecular formula is C7H8BrNO3. The van der Waals surface area contributed by atoms with Crippen molar-refractivity contribution in [2.24, 2.45) is 5.73 Å². The maximum absolute atomic E-state index is 10.3. The largest absolute Gasteiger partial charge is 0.480 e. The number of hydrogen-bond donors (Lipinski definition) is 2. The summed E-state index contributed by atoms with van der Waals surface area (Å²) in [5, 5.41) is 8.47. The summed E-state index contributed by atoms with van der Waals surface area (Å²) in [6, 6.07) is 2.49. The molecule has 0 bridgehead atoms. The van der Waals surface area contributed by atoms with Crippen molar-refractivity contribution in [3.63, 3.8) is 0 Å². The van der Waals surface area contributed by atoms with E-state index in [-0.39, 0.29) is 6.42 Å². The van der Waals surface area contributed by atoms with E-state index in [2.05, 4.69) is 15.9 Å². The quantitative estimate of drug-likeness (QED) is 0.817. The van der Waals surface area contributed by atoms with Crippen molar-refractivity contribution >= 4 is 21.9 Å². The lowest BCUT2D eigenvalue weighted by atomic mass is 10.2. The standard InChI is InChI=1S/C7H8BrNO3/c8-6-2-1-4(12-6)3-5(9)7(10)11/h1-2,5H,3,9H2,(H,10,11)/t5-/m0/s1. The van der Waals surface area contributed by atoms with E-state index in [0.29, 0.717) is 10.4 Å². The van der Waals surface area contributed by atoms with Crippen molar-refractivity contribution in [2.45, 2.75) is 12.5 Å². The predicted molar refractivity (Wildman–Crippen MR) is 45.7 cm³/mol. The monoisotopic (exact) mass is 233 g/mol. The van der Waals surface area contributed by atoms with Crippen LogP contribution in [-0.4, -0.2) is 17.1 Å². The van der Waals surface area contributed by atoms with Crippen LogP contribution in [0.4, 0.5) is 0 Å². The van der Waals surface area contributed by atoms with Crippen molar-refractivity contribution in [1.29, 1.82) is 0 Å². The minimum atomic E-state index is -1.03. The van der Waals surface area contributed by atoms with Crippen LogP contribution in [0.1, 0.15) is 5.76 Å². The van der Waals surface area contributed by atoms with Crippen LogP contribution in [0.15, 0.2) is 21.2 Å². The van der Waals surface area contributed by atoms with Crippen LogP contribution in [0.3, 0.4) is 0 Å². The van der Waals surface area contributed by atoms with Gasteiger partial charge in [0.1, 0.15) is 11.8 Å². The molecule has 1 heterocycles. The Morgan fingerprint density at radius 3 is 2.83 bits per heavy atom. The summed E-state index contributed by atoms with van der Waals surface area (Å²) in [6.45, 7) is 0. The average Bonchev–Trinajstić information content (AvgIpc) is 2.35. The molecule has 1 aromatic rings. The minimum Gasteiger partial charge on any atom is -0.480 e. The lowest BCUT2D eigenvalue weighted by molar-refractivity contribution is -0.138. The van der Waals surface area contributed by atoms with E-state index >= 15 is 0 Å². The number of hydrogen-bond acceptors (Lipinski definition) is 3. The highest BCUT2D eigenvalue weighted by atomic mass is 79.9. The molecule has 66 valence electrons. The first-order valence-corrected chi connectivity index (χ1v) is 4.11. The molecule has 1 atom stereocenters. The fourth-order valence-corrected chi connectivity index (χ4v) is 1.11. The molecule has 3 N–H and O–H groups in total. The molecule has 0 spiro atoms. The Labute approximate surface area is 77.5 Å². The van der Waals surface area contributed by atoms with E-state index in [1.165, 1.54) is 0 Å². The van der Waals surface area contributed by atoms with Crippen molar-refractivity contribution in [1.82, 2.24) is 0 Å². The van der Waals surface area contributed by atoms with Gasteiger partial charge in [-0.3, -0.25) is 4.79 Å². The van der Waals surface area contributed by atoms with Crippen LogP contribution in [0.2, 0.25) is 0 Å². The first kappa shape index (κ1) is 9.28. The maximum Gasteiger partial charge on any atom is 0.320 e. The maximum atomic E-state index is 10.3. The van der Waals surface area contributed by atoms with Gasteiger partial charge < -0.3 is 15.3 Å². The van der Waals surface area contributed by atoms with Crippen LogP contribution in [-0.2, 0) is 11.2 Å². The summed E-state index contributed by atoms with van der Waals surface area (Å²) in [6.07, 6.45) is 0.209. The average molecular weight is 234 g/mol. The van der Waals surface area contributed by atoms with E-state index in [0.717, 1.165) is 0 Å². The van der Waals surface area contributed by atoms with E-state index in [1.54, 1.807) is 12.1 Å². The molecule has 0 aliphatic rings. The molecule has 1 aromatic heterocycles. The number of nitrogens with two attached hydrogens (primary N) is 1. The van der Waals surface area contributed by atoms with Gasteiger partial charge in [0.15, 0.2) is 4.67 Å². The highest BCUT2D eigenvalue weighted by Gasteiger charge is 2.13. The summed E-state index contributed by atoms with van der Waals surface area (Å²) in [5.41, 5.74) is 5.28. The van der Waals surface area contributed by atoms with Gasteiger partial charge in [-0.15, -0.1) is 0 Å². The smallest absolute Gasteiger partial charge is 0.320 e. The Morgan fingerprint density at radius 2 is 2.42 bits per heavy atom.